The molecule has 0 spiro atoms. The van der Waals surface area contributed by atoms with Crippen molar-refractivity contribution in [2.45, 2.75) is 57.3 Å². The molecule has 2 unspecified atom stereocenters. The number of hydrogen-bond donors (Lipinski definition) is 1. The van der Waals surface area contributed by atoms with Crippen LogP contribution in [0.2, 0.25) is 0 Å². The van der Waals surface area contributed by atoms with Crippen LogP contribution in [-0.2, 0) is 11.3 Å². The molecule has 6 nitrogen and oxygen atoms in total. The van der Waals surface area contributed by atoms with Crippen LogP contribution < -0.4 is 5.32 Å². The average molecular weight is 293 g/mol. The van der Waals surface area contributed by atoms with Crippen LogP contribution in [0.4, 0.5) is 0 Å². The van der Waals surface area contributed by atoms with E-state index in [1.54, 1.807) is 13.2 Å². The monoisotopic (exact) mass is 293 g/mol. The molecule has 2 bridgehead atoms. The largest absolute Gasteiger partial charge is 0.377 e. The van der Waals surface area contributed by atoms with Crippen LogP contribution >= 0.6 is 0 Å². The molecule has 2 fully saturated rings. The lowest BCUT2D eigenvalue weighted by molar-refractivity contribution is 0.0620. The fraction of sp³-hybridized carbons (Fsp3) is 0.733. The minimum absolute atomic E-state index is 0.0325. The van der Waals surface area contributed by atoms with Crippen molar-refractivity contribution in [1.82, 2.24) is 15.4 Å². The van der Waals surface area contributed by atoms with Gasteiger partial charge >= 0.3 is 0 Å². The van der Waals surface area contributed by atoms with Gasteiger partial charge in [-0.05, 0) is 32.6 Å². The Labute approximate surface area is 124 Å². The van der Waals surface area contributed by atoms with Gasteiger partial charge in [0.05, 0.1) is 0 Å². The normalized spacial score (nSPS) is 27.8. The minimum Gasteiger partial charge on any atom is -0.377 e. The van der Waals surface area contributed by atoms with Gasteiger partial charge in [0, 0.05) is 37.8 Å². The summed E-state index contributed by atoms with van der Waals surface area (Å²) in [5, 5.41) is 7.50. The van der Waals surface area contributed by atoms with Crippen molar-refractivity contribution in [1.29, 1.82) is 0 Å². The Morgan fingerprint density at radius 3 is 2.81 bits per heavy atom. The maximum absolute atomic E-state index is 12.7. The summed E-state index contributed by atoms with van der Waals surface area (Å²) in [5.41, 5.74) is 0.384. The number of nitrogens with zero attached hydrogens (tertiary/aromatic N) is 2. The fourth-order valence-corrected chi connectivity index (χ4v) is 3.62. The first-order valence-electron chi connectivity index (χ1n) is 7.72. The molecule has 2 saturated heterocycles. The van der Waals surface area contributed by atoms with Crippen molar-refractivity contribution in [3.05, 3.63) is 17.5 Å². The summed E-state index contributed by atoms with van der Waals surface area (Å²) in [4.78, 5) is 14.6. The van der Waals surface area contributed by atoms with Gasteiger partial charge in [0.25, 0.3) is 5.91 Å². The van der Waals surface area contributed by atoms with Crippen molar-refractivity contribution < 1.29 is 14.1 Å². The first-order valence-corrected chi connectivity index (χ1v) is 7.72. The molecule has 116 valence electrons. The van der Waals surface area contributed by atoms with Gasteiger partial charge < -0.3 is 19.5 Å². The first kappa shape index (κ1) is 14.5. The lowest BCUT2D eigenvalue weighted by Gasteiger charge is -2.36. The summed E-state index contributed by atoms with van der Waals surface area (Å²) in [5.74, 6) is 0.553. The van der Waals surface area contributed by atoms with Gasteiger partial charge in [-0.1, -0.05) is 5.16 Å². The maximum atomic E-state index is 12.7. The van der Waals surface area contributed by atoms with Crippen LogP contribution in [0, 0.1) is 0 Å². The predicted octanol–water partition coefficient (Wildman–Crippen LogP) is 1.57. The molecule has 1 aromatic heterocycles. The molecule has 21 heavy (non-hydrogen) atoms. The molecule has 1 N–H and O–H groups in total. The third-order valence-corrected chi connectivity index (χ3v) is 4.56. The zero-order valence-electron chi connectivity index (χ0n) is 12.7. The number of methoxy groups -OCH3 is 1. The zero-order valence-corrected chi connectivity index (χ0v) is 12.7. The van der Waals surface area contributed by atoms with Gasteiger partial charge in [0.15, 0.2) is 11.5 Å². The van der Waals surface area contributed by atoms with E-state index in [1.165, 1.54) is 12.8 Å². The Morgan fingerprint density at radius 2 is 2.19 bits per heavy atom. The summed E-state index contributed by atoms with van der Waals surface area (Å²) in [7, 11) is 1.59. The number of hydrogen-bond acceptors (Lipinski definition) is 5. The van der Waals surface area contributed by atoms with Crippen LogP contribution in [-0.4, -0.2) is 47.7 Å². The molecule has 2 aliphatic rings. The Hall–Kier alpha value is -1.40. The lowest BCUT2D eigenvalue weighted by atomic mass is 9.98. The molecule has 0 radical (unpaired) electrons. The number of aromatic nitrogens is 1. The maximum Gasteiger partial charge on any atom is 0.276 e. The second kappa shape index (κ2) is 6.15. The SMILES string of the molecule is CCN(C(=O)c1cc(COC)on1)C1CC2CCC(C1)N2. The number of rotatable bonds is 5. The minimum atomic E-state index is -0.0325. The molecule has 0 aromatic carbocycles. The number of amides is 1. The topological polar surface area (TPSA) is 67.6 Å². The van der Waals surface area contributed by atoms with E-state index in [2.05, 4.69) is 10.5 Å². The van der Waals surface area contributed by atoms with E-state index in [4.69, 9.17) is 9.26 Å². The van der Waals surface area contributed by atoms with Gasteiger partial charge in [-0.15, -0.1) is 0 Å². The Morgan fingerprint density at radius 1 is 1.48 bits per heavy atom. The van der Waals surface area contributed by atoms with Gasteiger partial charge in [0.2, 0.25) is 0 Å². The van der Waals surface area contributed by atoms with Gasteiger partial charge in [-0.3, -0.25) is 4.79 Å². The highest BCUT2D eigenvalue weighted by molar-refractivity contribution is 5.92. The highest BCUT2D eigenvalue weighted by Crippen LogP contribution is 2.30. The number of piperidine rings is 1. The predicted molar refractivity (Wildman–Crippen MR) is 76.9 cm³/mol. The number of fused-ring (bicyclic) bond motifs is 2. The van der Waals surface area contributed by atoms with E-state index in [0.717, 1.165) is 12.8 Å². The number of ether oxygens (including phenoxy) is 1. The summed E-state index contributed by atoms with van der Waals surface area (Å²) < 4.78 is 10.1. The Balaban J connectivity index is 1.71. The van der Waals surface area contributed by atoms with Crippen molar-refractivity contribution in [3.8, 4) is 0 Å². The summed E-state index contributed by atoms with van der Waals surface area (Å²) in [6.07, 6.45) is 4.54. The molecule has 0 saturated carbocycles. The van der Waals surface area contributed by atoms with Crippen molar-refractivity contribution in [2.24, 2.45) is 0 Å². The fourth-order valence-electron chi connectivity index (χ4n) is 3.62. The molecule has 1 amide bonds. The van der Waals surface area contributed by atoms with E-state index in [9.17, 15) is 4.79 Å². The Bertz CT molecular complexity index is 490. The van der Waals surface area contributed by atoms with Gasteiger partial charge in [-0.2, -0.15) is 0 Å². The number of nitrogens with one attached hydrogen (secondary N) is 1. The van der Waals surface area contributed by atoms with Gasteiger partial charge in [0.1, 0.15) is 6.61 Å². The molecule has 0 aliphatic carbocycles. The highest BCUT2D eigenvalue weighted by Gasteiger charge is 2.37. The molecule has 3 rings (SSSR count). The molecule has 3 heterocycles. The average Bonchev–Trinajstić information content (AvgIpc) is 3.07. The molecule has 1 aromatic rings. The molecule has 2 aliphatic heterocycles. The van der Waals surface area contributed by atoms with Crippen molar-refractivity contribution in [3.63, 3.8) is 0 Å². The molecule has 2 atom stereocenters. The van der Waals surface area contributed by atoms with E-state index in [0.29, 0.717) is 42.7 Å². The lowest BCUT2D eigenvalue weighted by Crippen LogP contribution is -2.50. The van der Waals surface area contributed by atoms with E-state index >= 15 is 0 Å². The Kier molecular flexibility index (Phi) is 4.26. The summed E-state index contributed by atoms with van der Waals surface area (Å²) >= 11 is 0. The first-order chi connectivity index (χ1) is 10.2. The summed E-state index contributed by atoms with van der Waals surface area (Å²) in [6, 6.07) is 3.13. The van der Waals surface area contributed by atoms with Crippen molar-refractivity contribution >= 4 is 5.91 Å². The highest BCUT2D eigenvalue weighted by atomic mass is 16.5. The van der Waals surface area contributed by atoms with Crippen LogP contribution in [0.15, 0.2) is 10.6 Å². The second-order valence-corrected chi connectivity index (χ2v) is 5.97. The van der Waals surface area contributed by atoms with E-state index in [-0.39, 0.29) is 5.91 Å². The quantitative estimate of drug-likeness (QED) is 0.892. The smallest absolute Gasteiger partial charge is 0.276 e. The van der Waals surface area contributed by atoms with Gasteiger partial charge in [-0.25, -0.2) is 0 Å². The van der Waals surface area contributed by atoms with Crippen molar-refractivity contribution in [2.75, 3.05) is 13.7 Å². The van der Waals surface area contributed by atoms with E-state index < -0.39 is 0 Å². The zero-order chi connectivity index (χ0) is 14.8. The standard InChI is InChI=1S/C15H23N3O3/c1-3-18(12-6-10-4-5-11(7-12)16-10)15(19)14-8-13(9-20-2)21-17-14/h8,10-12,16H,3-7,9H2,1-2H3. The number of carbonyl (C=O) groups is 1. The van der Waals surface area contributed by atoms with Crippen LogP contribution in [0.1, 0.15) is 48.9 Å². The third-order valence-electron chi connectivity index (χ3n) is 4.56. The molecule has 6 heteroatoms. The van der Waals surface area contributed by atoms with Crippen LogP contribution in [0.5, 0.6) is 0 Å². The third kappa shape index (κ3) is 2.96. The van der Waals surface area contributed by atoms with Crippen LogP contribution in [0.25, 0.3) is 0 Å². The second-order valence-electron chi connectivity index (χ2n) is 5.97. The molecular weight excluding hydrogens is 270 g/mol. The summed E-state index contributed by atoms with van der Waals surface area (Å²) in [6.45, 7) is 3.07. The van der Waals surface area contributed by atoms with Crippen LogP contribution in [0.3, 0.4) is 0 Å². The number of carbonyl (C=O) groups excluding carboxylic acids is 1. The molecular formula is C15H23N3O3. The van der Waals surface area contributed by atoms with E-state index in [1.807, 2.05) is 11.8 Å².